The van der Waals surface area contributed by atoms with E-state index in [2.05, 4.69) is 10.3 Å². The molecule has 150 valence electrons. The van der Waals surface area contributed by atoms with Gasteiger partial charge in [0.1, 0.15) is 11.4 Å². The van der Waals surface area contributed by atoms with Gasteiger partial charge in [-0.3, -0.25) is 9.59 Å². The Hall–Kier alpha value is -2.50. The SMILES string of the molecule is COc1ccc2cc(C(=O)N3CCC(CC(=O)NC4CCCC4)CC3)[nH]c2c1. The van der Waals surface area contributed by atoms with Crippen molar-refractivity contribution in [3.63, 3.8) is 0 Å². The van der Waals surface area contributed by atoms with E-state index in [0.717, 1.165) is 42.3 Å². The summed E-state index contributed by atoms with van der Waals surface area (Å²) in [7, 11) is 1.63. The van der Waals surface area contributed by atoms with Gasteiger partial charge in [-0.05, 0) is 49.8 Å². The summed E-state index contributed by atoms with van der Waals surface area (Å²) in [6.07, 6.45) is 7.06. The minimum absolute atomic E-state index is 0.0315. The normalized spacial score (nSPS) is 18.5. The van der Waals surface area contributed by atoms with Crippen LogP contribution in [0.3, 0.4) is 0 Å². The average molecular weight is 383 g/mol. The number of ether oxygens (including phenoxy) is 1. The molecular formula is C22H29N3O3. The smallest absolute Gasteiger partial charge is 0.270 e. The summed E-state index contributed by atoms with van der Waals surface area (Å²) in [4.78, 5) is 30.2. The Balaban J connectivity index is 1.30. The summed E-state index contributed by atoms with van der Waals surface area (Å²) < 4.78 is 5.25. The van der Waals surface area contributed by atoms with Crippen molar-refractivity contribution >= 4 is 22.7 Å². The highest BCUT2D eigenvalue weighted by Gasteiger charge is 2.27. The highest BCUT2D eigenvalue weighted by molar-refractivity contribution is 5.98. The molecule has 0 radical (unpaired) electrons. The summed E-state index contributed by atoms with van der Waals surface area (Å²) in [6.45, 7) is 1.41. The van der Waals surface area contributed by atoms with E-state index in [1.807, 2.05) is 29.2 Å². The average Bonchev–Trinajstić information content (AvgIpc) is 3.36. The molecule has 6 nitrogen and oxygen atoms in total. The van der Waals surface area contributed by atoms with Crippen LogP contribution < -0.4 is 10.1 Å². The molecule has 4 rings (SSSR count). The van der Waals surface area contributed by atoms with E-state index < -0.39 is 0 Å². The molecule has 2 fully saturated rings. The van der Waals surface area contributed by atoms with Gasteiger partial charge in [0.25, 0.3) is 5.91 Å². The number of aromatic amines is 1. The molecule has 1 aromatic carbocycles. The Labute approximate surface area is 165 Å². The molecular weight excluding hydrogens is 354 g/mol. The molecule has 2 N–H and O–H groups in total. The summed E-state index contributed by atoms with van der Waals surface area (Å²) in [5.74, 6) is 1.35. The second kappa shape index (κ2) is 8.25. The first-order valence-electron chi connectivity index (χ1n) is 10.4. The van der Waals surface area contributed by atoms with Crippen molar-refractivity contribution in [2.45, 2.75) is 51.0 Å². The van der Waals surface area contributed by atoms with Gasteiger partial charge in [0.05, 0.1) is 7.11 Å². The summed E-state index contributed by atoms with van der Waals surface area (Å²) in [5, 5.41) is 4.18. The van der Waals surface area contributed by atoms with Gasteiger partial charge in [-0.2, -0.15) is 0 Å². The van der Waals surface area contributed by atoms with Gasteiger partial charge < -0.3 is 19.9 Å². The lowest BCUT2D eigenvalue weighted by Crippen LogP contribution is -2.40. The lowest BCUT2D eigenvalue weighted by Gasteiger charge is -2.31. The first kappa shape index (κ1) is 18.8. The Morgan fingerprint density at radius 2 is 1.89 bits per heavy atom. The Kier molecular flexibility index (Phi) is 5.55. The zero-order valence-corrected chi connectivity index (χ0v) is 16.5. The third-order valence-corrected chi connectivity index (χ3v) is 6.16. The predicted octanol–water partition coefficient (Wildman–Crippen LogP) is 3.48. The Bertz CT molecular complexity index is 846. The van der Waals surface area contributed by atoms with Crippen LogP contribution in [0.2, 0.25) is 0 Å². The second-order valence-corrected chi connectivity index (χ2v) is 8.12. The van der Waals surface area contributed by atoms with E-state index in [0.29, 0.717) is 37.2 Å². The van der Waals surface area contributed by atoms with Gasteiger partial charge in [0, 0.05) is 42.5 Å². The van der Waals surface area contributed by atoms with Crippen molar-refractivity contribution in [1.29, 1.82) is 0 Å². The molecule has 1 aromatic heterocycles. The van der Waals surface area contributed by atoms with E-state index in [9.17, 15) is 9.59 Å². The lowest BCUT2D eigenvalue weighted by atomic mass is 9.93. The number of benzene rings is 1. The number of hydrogen-bond acceptors (Lipinski definition) is 3. The topological polar surface area (TPSA) is 74.4 Å². The van der Waals surface area contributed by atoms with Gasteiger partial charge >= 0.3 is 0 Å². The molecule has 0 unspecified atom stereocenters. The number of nitrogens with zero attached hydrogens (tertiary/aromatic N) is 1. The molecule has 0 atom stereocenters. The van der Waals surface area contributed by atoms with E-state index in [-0.39, 0.29) is 11.8 Å². The number of nitrogens with one attached hydrogen (secondary N) is 2. The molecule has 0 spiro atoms. The van der Waals surface area contributed by atoms with Crippen LogP contribution in [-0.4, -0.2) is 47.9 Å². The number of fused-ring (bicyclic) bond motifs is 1. The van der Waals surface area contributed by atoms with Crippen molar-refractivity contribution in [2.75, 3.05) is 20.2 Å². The van der Waals surface area contributed by atoms with Crippen molar-refractivity contribution in [3.05, 3.63) is 30.0 Å². The minimum Gasteiger partial charge on any atom is -0.497 e. The number of methoxy groups -OCH3 is 1. The highest BCUT2D eigenvalue weighted by Crippen LogP contribution is 2.25. The molecule has 1 saturated heterocycles. The number of H-pyrrole nitrogens is 1. The van der Waals surface area contributed by atoms with Crippen LogP contribution in [0.25, 0.3) is 10.9 Å². The zero-order chi connectivity index (χ0) is 19.5. The molecule has 6 heteroatoms. The van der Waals surface area contributed by atoms with Crippen molar-refractivity contribution in [1.82, 2.24) is 15.2 Å². The maximum Gasteiger partial charge on any atom is 0.270 e. The monoisotopic (exact) mass is 383 g/mol. The van der Waals surface area contributed by atoms with Gasteiger partial charge in [0.15, 0.2) is 0 Å². The quantitative estimate of drug-likeness (QED) is 0.830. The zero-order valence-electron chi connectivity index (χ0n) is 16.5. The molecule has 2 heterocycles. The Morgan fingerprint density at radius 1 is 1.14 bits per heavy atom. The van der Waals surface area contributed by atoms with Crippen molar-refractivity contribution in [2.24, 2.45) is 5.92 Å². The third-order valence-electron chi connectivity index (χ3n) is 6.16. The third kappa shape index (κ3) is 4.16. The maximum atomic E-state index is 12.9. The predicted molar refractivity (Wildman–Crippen MR) is 108 cm³/mol. The largest absolute Gasteiger partial charge is 0.497 e. The van der Waals surface area contributed by atoms with Crippen LogP contribution in [0.1, 0.15) is 55.4 Å². The minimum atomic E-state index is 0.0315. The van der Waals surface area contributed by atoms with Gasteiger partial charge in [0.2, 0.25) is 5.91 Å². The molecule has 1 aliphatic carbocycles. The van der Waals surface area contributed by atoms with E-state index >= 15 is 0 Å². The van der Waals surface area contributed by atoms with Gasteiger partial charge in [-0.25, -0.2) is 0 Å². The Morgan fingerprint density at radius 3 is 2.61 bits per heavy atom. The number of aromatic nitrogens is 1. The van der Waals surface area contributed by atoms with Crippen molar-refractivity contribution < 1.29 is 14.3 Å². The summed E-state index contributed by atoms with van der Waals surface area (Å²) >= 11 is 0. The molecule has 2 amide bonds. The maximum absolute atomic E-state index is 12.9. The van der Waals surface area contributed by atoms with Crippen LogP contribution in [0.4, 0.5) is 0 Å². The molecule has 2 aliphatic rings. The molecule has 1 aliphatic heterocycles. The van der Waals surface area contributed by atoms with Gasteiger partial charge in [-0.15, -0.1) is 0 Å². The van der Waals surface area contributed by atoms with E-state index in [1.54, 1.807) is 7.11 Å². The van der Waals surface area contributed by atoms with E-state index in [4.69, 9.17) is 4.74 Å². The summed E-state index contributed by atoms with van der Waals surface area (Å²) in [6, 6.07) is 8.04. The number of carbonyl (C=O) groups is 2. The van der Waals surface area contributed by atoms with Crippen LogP contribution in [0.5, 0.6) is 5.75 Å². The second-order valence-electron chi connectivity index (χ2n) is 8.12. The number of piperidine rings is 1. The molecule has 1 saturated carbocycles. The number of carbonyl (C=O) groups excluding carboxylic acids is 2. The fraction of sp³-hybridized carbons (Fsp3) is 0.545. The number of rotatable bonds is 5. The lowest BCUT2D eigenvalue weighted by molar-refractivity contribution is -0.123. The first-order valence-corrected chi connectivity index (χ1v) is 10.4. The van der Waals surface area contributed by atoms with E-state index in [1.165, 1.54) is 12.8 Å². The van der Waals surface area contributed by atoms with Crippen LogP contribution >= 0.6 is 0 Å². The molecule has 2 aromatic rings. The highest BCUT2D eigenvalue weighted by atomic mass is 16.5. The van der Waals surface area contributed by atoms with Crippen LogP contribution in [0, 0.1) is 5.92 Å². The van der Waals surface area contributed by atoms with Crippen LogP contribution in [0.15, 0.2) is 24.3 Å². The van der Waals surface area contributed by atoms with Gasteiger partial charge in [-0.1, -0.05) is 12.8 Å². The first-order chi connectivity index (χ1) is 13.6. The van der Waals surface area contributed by atoms with Crippen molar-refractivity contribution in [3.8, 4) is 5.75 Å². The number of amides is 2. The molecule has 0 bridgehead atoms. The summed E-state index contributed by atoms with van der Waals surface area (Å²) in [5.41, 5.74) is 1.52. The number of hydrogen-bond donors (Lipinski definition) is 2. The standard InChI is InChI=1S/C22H29N3O3/c1-28-18-7-6-16-13-20(24-19(16)14-18)22(27)25-10-8-15(9-11-25)12-21(26)23-17-4-2-3-5-17/h6-7,13-15,17,24H,2-5,8-12H2,1H3,(H,23,26). The van der Waals surface area contributed by atoms with Crippen LogP contribution in [-0.2, 0) is 4.79 Å². The fourth-order valence-corrected chi connectivity index (χ4v) is 4.48. The molecule has 28 heavy (non-hydrogen) atoms. The fourth-order valence-electron chi connectivity index (χ4n) is 4.48. The number of likely N-dealkylation sites (tertiary alicyclic amines) is 1.